The van der Waals surface area contributed by atoms with Crippen LogP contribution in [0.3, 0.4) is 0 Å². The first-order valence-corrected chi connectivity index (χ1v) is 6.24. The summed E-state index contributed by atoms with van der Waals surface area (Å²) in [7, 11) is 0. The van der Waals surface area contributed by atoms with Gasteiger partial charge in [0.05, 0.1) is 0 Å². The molecular formula is C14H20FN. The van der Waals surface area contributed by atoms with Gasteiger partial charge >= 0.3 is 0 Å². The molecule has 2 rings (SSSR count). The van der Waals surface area contributed by atoms with E-state index in [1.807, 2.05) is 6.07 Å². The van der Waals surface area contributed by atoms with Gasteiger partial charge < -0.3 is 5.32 Å². The molecule has 1 atom stereocenters. The summed E-state index contributed by atoms with van der Waals surface area (Å²) in [6.45, 7) is 3.17. The van der Waals surface area contributed by atoms with Crippen LogP contribution >= 0.6 is 0 Å². The van der Waals surface area contributed by atoms with Crippen molar-refractivity contribution in [2.45, 2.75) is 38.6 Å². The van der Waals surface area contributed by atoms with Gasteiger partial charge in [-0.1, -0.05) is 25.0 Å². The van der Waals surface area contributed by atoms with Crippen LogP contribution in [0, 0.1) is 11.7 Å². The average Bonchev–Trinajstić information content (AvgIpc) is 2.78. The van der Waals surface area contributed by atoms with Crippen molar-refractivity contribution < 1.29 is 4.39 Å². The lowest BCUT2D eigenvalue weighted by molar-refractivity contribution is 0.451. The predicted molar refractivity (Wildman–Crippen MR) is 64.8 cm³/mol. The zero-order valence-corrected chi connectivity index (χ0v) is 9.88. The third-order valence-electron chi connectivity index (χ3n) is 3.54. The van der Waals surface area contributed by atoms with Crippen LogP contribution in [0.4, 0.5) is 4.39 Å². The molecule has 0 radical (unpaired) electrons. The zero-order valence-electron chi connectivity index (χ0n) is 9.88. The summed E-state index contributed by atoms with van der Waals surface area (Å²) in [6, 6.07) is 7.11. The van der Waals surface area contributed by atoms with Crippen molar-refractivity contribution in [1.29, 1.82) is 0 Å². The highest BCUT2D eigenvalue weighted by atomic mass is 19.1. The summed E-state index contributed by atoms with van der Waals surface area (Å²) >= 11 is 0. The Bertz CT molecular complexity index is 331. The third kappa shape index (κ3) is 3.05. The summed E-state index contributed by atoms with van der Waals surface area (Å²) in [5.41, 5.74) is 1.04. The summed E-state index contributed by atoms with van der Waals surface area (Å²) in [5.74, 6) is 0.683. The van der Waals surface area contributed by atoms with Crippen LogP contribution in [0.1, 0.15) is 44.2 Å². The van der Waals surface area contributed by atoms with Crippen LogP contribution in [0.15, 0.2) is 24.3 Å². The smallest absolute Gasteiger partial charge is 0.123 e. The maximum atomic E-state index is 13.0. The first-order chi connectivity index (χ1) is 7.75. The molecule has 1 aliphatic carbocycles. The van der Waals surface area contributed by atoms with Gasteiger partial charge in [-0.2, -0.15) is 0 Å². The predicted octanol–water partition coefficient (Wildman–Crippen LogP) is 3.67. The van der Waals surface area contributed by atoms with E-state index in [2.05, 4.69) is 12.2 Å². The fourth-order valence-corrected chi connectivity index (χ4v) is 2.45. The molecule has 0 unspecified atom stereocenters. The summed E-state index contributed by atoms with van der Waals surface area (Å²) < 4.78 is 13.0. The van der Waals surface area contributed by atoms with Gasteiger partial charge in [-0.05, 0) is 49.9 Å². The first kappa shape index (κ1) is 11.6. The number of hydrogen-bond donors (Lipinski definition) is 1. The van der Waals surface area contributed by atoms with E-state index >= 15 is 0 Å². The summed E-state index contributed by atoms with van der Waals surface area (Å²) in [5, 5.41) is 3.50. The molecule has 0 spiro atoms. The van der Waals surface area contributed by atoms with Gasteiger partial charge in [-0.15, -0.1) is 0 Å². The van der Waals surface area contributed by atoms with E-state index in [0.717, 1.165) is 18.0 Å². The fraction of sp³-hybridized carbons (Fsp3) is 0.571. The summed E-state index contributed by atoms with van der Waals surface area (Å²) in [4.78, 5) is 0. The minimum absolute atomic E-state index is 0.146. The molecule has 0 bridgehead atoms. The molecular weight excluding hydrogens is 201 g/mol. The van der Waals surface area contributed by atoms with E-state index in [9.17, 15) is 4.39 Å². The maximum Gasteiger partial charge on any atom is 0.123 e. The molecule has 0 amide bonds. The Morgan fingerprint density at radius 3 is 2.81 bits per heavy atom. The van der Waals surface area contributed by atoms with Crippen LogP contribution in [-0.4, -0.2) is 6.54 Å². The molecule has 2 heteroatoms. The van der Waals surface area contributed by atoms with Crippen molar-refractivity contribution in [3.05, 3.63) is 35.6 Å². The monoisotopic (exact) mass is 221 g/mol. The van der Waals surface area contributed by atoms with E-state index in [0.29, 0.717) is 0 Å². The van der Waals surface area contributed by atoms with Gasteiger partial charge in [-0.3, -0.25) is 0 Å². The lowest BCUT2D eigenvalue weighted by Crippen LogP contribution is -2.24. The second-order valence-electron chi connectivity index (χ2n) is 4.84. The van der Waals surface area contributed by atoms with E-state index in [1.54, 1.807) is 12.1 Å². The van der Waals surface area contributed by atoms with Gasteiger partial charge in [-0.25, -0.2) is 4.39 Å². The van der Waals surface area contributed by atoms with Gasteiger partial charge in [0.25, 0.3) is 0 Å². The number of nitrogens with one attached hydrogen (secondary N) is 1. The number of hydrogen-bond acceptors (Lipinski definition) is 1. The van der Waals surface area contributed by atoms with Crippen molar-refractivity contribution in [3.8, 4) is 0 Å². The molecule has 0 heterocycles. The second kappa shape index (κ2) is 5.44. The van der Waals surface area contributed by atoms with Crippen molar-refractivity contribution in [2.24, 2.45) is 5.92 Å². The molecule has 1 aromatic rings. The van der Waals surface area contributed by atoms with Gasteiger partial charge in [0.1, 0.15) is 5.82 Å². The van der Waals surface area contributed by atoms with Gasteiger partial charge in [0.15, 0.2) is 0 Å². The van der Waals surface area contributed by atoms with Crippen LogP contribution in [0.25, 0.3) is 0 Å². The Hall–Kier alpha value is -0.890. The van der Waals surface area contributed by atoms with Crippen molar-refractivity contribution >= 4 is 0 Å². The zero-order chi connectivity index (χ0) is 11.4. The van der Waals surface area contributed by atoms with Crippen LogP contribution in [-0.2, 0) is 0 Å². The molecule has 1 aliphatic rings. The van der Waals surface area contributed by atoms with E-state index in [1.165, 1.54) is 31.7 Å². The number of rotatable bonds is 4. The van der Waals surface area contributed by atoms with E-state index < -0.39 is 0 Å². The Kier molecular flexibility index (Phi) is 3.94. The van der Waals surface area contributed by atoms with Crippen molar-refractivity contribution in [1.82, 2.24) is 5.32 Å². The molecule has 1 N–H and O–H groups in total. The SMILES string of the molecule is C[C@H](NCC1CCCC1)c1cccc(F)c1. The minimum atomic E-state index is -0.146. The molecule has 88 valence electrons. The molecule has 16 heavy (non-hydrogen) atoms. The number of benzene rings is 1. The van der Waals surface area contributed by atoms with Crippen molar-refractivity contribution in [3.63, 3.8) is 0 Å². The number of halogens is 1. The van der Waals surface area contributed by atoms with Crippen molar-refractivity contribution in [2.75, 3.05) is 6.54 Å². The largest absolute Gasteiger partial charge is 0.310 e. The average molecular weight is 221 g/mol. The minimum Gasteiger partial charge on any atom is -0.310 e. The lowest BCUT2D eigenvalue weighted by Gasteiger charge is -2.17. The Labute approximate surface area is 97.1 Å². The molecule has 1 nitrogen and oxygen atoms in total. The third-order valence-corrected chi connectivity index (χ3v) is 3.54. The quantitative estimate of drug-likeness (QED) is 0.818. The van der Waals surface area contributed by atoms with E-state index in [4.69, 9.17) is 0 Å². The summed E-state index contributed by atoms with van der Waals surface area (Å²) in [6.07, 6.45) is 5.45. The standard InChI is InChI=1S/C14H20FN/c1-11(13-7-4-8-14(15)9-13)16-10-12-5-2-3-6-12/h4,7-9,11-12,16H,2-3,5-6,10H2,1H3/t11-/m0/s1. The highest BCUT2D eigenvalue weighted by Gasteiger charge is 2.15. The Balaban J connectivity index is 1.85. The molecule has 0 aliphatic heterocycles. The first-order valence-electron chi connectivity index (χ1n) is 6.24. The molecule has 0 aromatic heterocycles. The Morgan fingerprint density at radius 2 is 2.12 bits per heavy atom. The topological polar surface area (TPSA) is 12.0 Å². The molecule has 1 saturated carbocycles. The highest BCUT2D eigenvalue weighted by molar-refractivity contribution is 5.19. The molecule has 1 aromatic carbocycles. The van der Waals surface area contributed by atoms with Gasteiger partial charge in [0.2, 0.25) is 0 Å². The van der Waals surface area contributed by atoms with Crippen LogP contribution < -0.4 is 5.32 Å². The lowest BCUT2D eigenvalue weighted by atomic mass is 10.1. The maximum absolute atomic E-state index is 13.0. The molecule has 0 saturated heterocycles. The normalized spacial score (nSPS) is 18.9. The van der Waals surface area contributed by atoms with Crippen LogP contribution in [0.5, 0.6) is 0 Å². The second-order valence-corrected chi connectivity index (χ2v) is 4.84. The highest BCUT2D eigenvalue weighted by Crippen LogP contribution is 2.24. The molecule has 1 fully saturated rings. The Morgan fingerprint density at radius 1 is 1.38 bits per heavy atom. The van der Waals surface area contributed by atoms with E-state index in [-0.39, 0.29) is 11.9 Å². The van der Waals surface area contributed by atoms with Gasteiger partial charge in [0, 0.05) is 6.04 Å². The van der Waals surface area contributed by atoms with Crippen LogP contribution in [0.2, 0.25) is 0 Å². The fourth-order valence-electron chi connectivity index (χ4n) is 2.45.